The van der Waals surface area contributed by atoms with E-state index in [1.54, 1.807) is 4.68 Å². The van der Waals surface area contributed by atoms with Gasteiger partial charge in [0.2, 0.25) is 5.91 Å². The van der Waals surface area contributed by atoms with Crippen LogP contribution in [0.25, 0.3) is 0 Å². The zero-order valence-corrected chi connectivity index (χ0v) is 16.2. The minimum atomic E-state index is -0.0138. The zero-order valence-electron chi connectivity index (χ0n) is 16.2. The van der Waals surface area contributed by atoms with E-state index >= 15 is 0 Å². The van der Waals surface area contributed by atoms with Crippen LogP contribution in [0, 0.1) is 25.2 Å². The summed E-state index contributed by atoms with van der Waals surface area (Å²) >= 11 is 0. The van der Waals surface area contributed by atoms with Gasteiger partial charge in [0, 0.05) is 33.2 Å². The molecule has 1 aromatic heterocycles. The van der Waals surface area contributed by atoms with Crippen molar-refractivity contribution < 1.29 is 4.79 Å². The Hall–Kier alpha value is -2.85. The molecule has 0 atom stereocenters. The maximum Gasteiger partial charge on any atom is 0.238 e. The second-order valence-corrected chi connectivity index (χ2v) is 6.96. The predicted octanol–water partition coefficient (Wildman–Crippen LogP) is 2.06. The van der Waals surface area contributed by atoms with Crippen LogP contribution in [0.1, 0.15) is 23.4 Å². The first-order valence-corrected chi connectivity index (χ1v) is 9.26. The highest BCUT2D eigenvalue weighted by atomic mass is 16.2. The van der Waals surface area contributed by atoms with Crippen molar-refractivity contribution in [3.05, 3.63) is 41.2 Å². The second kappa shape index (κ2) is 8.23. The molecule has 0 bridgehead atoms. The Morgan fingerprint density at radius 2 is 2.00 bits per heavy atom. The molecule has 1 fully saturated rings. The van der Waals surface area contributed by atoms with Crippen molar-refractivity contribution in [1.29, 1.82) is 5.26 Å². The lowest BCUT2D eigenvalue weighted by atomic mass is 10.1. The Morgan fingerprint density at radius 3 is 2.70 bits per heavy atom. The molecule has 0 spiro atoms. The largest absolute Gasteiger partial charge is 0.369 e. The van der Waals surface area contributed by atoms with E-state index in [-0.39, 0.29) is 5.91 Å². The normalized spacial score (nSPS) is 15.3. The van der Waals surface area contributed by atoms with Gasteiger partial charge in [-0.1, -0.05) is 12.1 Å². The van der Waals surface area contributed by atoms with Crippen LogP contribution in [0.2, 0.25) is 0 Å². The van der Waals surface area contributed by atoms with Gasteiger partial charge in [0.1, 0.15) is 6.07 Å². The molecule has 1 aromatic carbocycles. The van der Waals surface area contributed by atoms with Crippen LogP contribution >= 0.6 is 0 Å². The molecule has 2 heterocycles. The third-order valence-electron chi connectivity index (χ3n) is 5.09. The number of carbonyl (C=O) groups is 1. The highest BCUT2D eigenvalue weighted by Crippen LogP contribution is 2.21. The van der Waals surface area contributed by atoms with E-state index in [1.807, 2.05) is 45.2 Å². The molecule has 1 aliphatic rings. The van der Waals surface area contributed by atoms with Gasteiger partial charge in [-0.15, -0.1) is 0 Å². The van der Waals surface area contributed by atoms with Crippen molar-refractivity contribution in [3.63, 3.8) is 0 Å². The summed E-state index contributed by atoms with van der Waals surface area (Å²) in [5.41, 5.74) is 4.27. The molecule has 7 nitrogen and oxygen atoms in total. The maximum atomic E-state index is 12.5. The minimum absolute atomic E-state index is 0.0138. The van der Waals surface area contributed by atoms with Gasteiger partial charge in [0.25, 0.3) is 0 Å². The predicted molar refractivity (Wildman–Crippen MR) is 106 cm³/mol. The van der Waals surface area contributed by atoms with Crippen molar-refractivity contribution in [2.75, 3.05) is 42.9 Å². The summed E-state index contributed by atoms with van der Waals surface area (Å²) in [5.74, 6) is -0.0138. The van der Waals surface area contributed by atoms with E-state index in [1.165, 1.54) is 0 Å². The number of rotatable bonds is 4. The monoisotopic (exact) mass is 366 g/mol. The third-order valence-corrected chi connectivity index (χ3v) is 5.09. The fraction of sp³-hybridized carbons (Fsp3) is 0.450. The molecule has 1 amide bonds. The summed E-state index contributed by atoms with van der Waals surface area (Å²) in [6, 6.07) is 9.97. The fourth-order valence-corrected chi connectivity index (χ4v) is 3.55. The quantitative estimate of drug-likeness (QED) is 0.896. The first kappa shape index (κ1) is 18.9. The van der Waals surface area contributed by atoms with Gasteiger partial charge in [0.15, 0.2) is 0 Å². The first-order valence-electron chi connectivity index (χ1n) is 9.26. The molecule has 0 saturated carbocycles. The van der Waals surface area contributed by atoms with Crippen LogP contribution in [0.4, 0.5) is 11.4 Å². The highest BCUT2D eigenvalue weighted by molar-refractivity contribution is 5.93. The van der Waals surface area contributed by atoms with Crippen LogP contribution in [-0.2, 0) is 11.8 Å². The molecule has 1 aliphatic heterocycles. The SMILES string of the molecule is Cc1nn(C)c(C)c1NC(=O)CN1CCCN(c2ccccc2C#N)CC1. The molecule has 1 N–H and O–H groups in total. The van der Waals surface area contributed by atoms with Crippen LogP contribution in [-0.4, -0.2) is 53.3 Å². The summed E-state index contributed by atoms with van der Waals surface area (Å²) in [7, 11) is 1.88. The van der Waals surface area contributed by atoms with Crippen LogP contribution < -0.4 is 10.2 Å². The van der Waals surface area contributed by atoms with Crippen molar-refractivity contribution in [2.24, 2.45) is 7.05 Å². The van der Waals surface area contributed by atoms with E-state index in [0.29, 0.717) is 12.1 Å². The number of benzene rings is 1. The number of carbonyl (C=O) groups excluding carboxylic acids is 1. The molecule has 1 saturated heterocycles. The third kappa shape index (κ3) is 4.29. The van der Waals surface area contributed by atoms with Crippen molar-refractivity contribution in [1.82, 2.24) is 14.7 Å². The average Bonchev–Trinajstić information content (AvgIpc) is 2.84. The van der Waals surface area contributed by atoms with Gasteiger partial charge in [-0.2, -0.15) is 10.4 Å². The highest BCUT2D eigenvalue weighted by Gasteiger charge is 2.20. The summed E-state index contributed by atoms with van der Waals surface area (Å²) in [6.45, 7) is 7.56. The Kier molecular flexibility index (Phi) is 5.77. The lowest BCUT2D eigenvalue weighted by molar-refractivity contribution is -0.117. The van der Waals surface area contributed by atoms with Crippen molar-refractivity contribution in [2.45, 2.75) is 20.3 Å². The minimum Gasteiger partial charge on any atom is -0.369 e. The maximum absolute atomic E-state index is 12.5. The van der Waals surface area contributed by atoms with Gasteiger partial charge < -0.3 is 10.2 Å². The van der Waals surface area contributed by atoms with Gasteiger partial charge in [0.05, 0.1) is 34.9 Å². The number of amides is 1. The number of nitrogens with one attached hydrogen (secondary N) is 1. The van der Waals surface area contributed by atoms with E-state index in [9.17, 15) is 10.1 Å². The van der Waals surface area contributed by atoms with Crippen LogP contribution in [0.15, 0.2) is 24.3 Å². The molecule has 3 rings (SSSR count). The number of nitrogens with zero attached hydrogens (tertiary/aromatic N) is 5. The van der Waals surface area contributed by atoms with Gasteiger partial charge in [-0.25, -0.2) is 0 Å². The summed E-state index contributed by atoms with van der Waals surface area (Å²) in [5, 5.41) is 16.7. The number of aromatic nitrogens is 2. The summed E-state index contributed by atoms with van der Waals surface area (Å²) in [4.78, 5) is 16.9. The van der Waals surface area contributed by atoms with Gasteiger partial charge >= 0.3 is 0 Å². The van der Waals surface area contributed by atoms with E-state index in [2.05, 4.69) is 26.3 Å². The molecular weight excluding hydrogens is 340 g/mol. The molecule has 7 heteroatoms. The molecule has 0 aliphatic carbocycles. The summed E-state index contributed by atoms with van der Waals surface area (Å²) < 4.78 is 1.78. The molecule has 27 heavy (non-hydrogen) atoms. The molecular formula is C20H26N6O. The van der Waals surface area contributed by atoms with Crippen LogP contribution in [0.5, 0.6) is 0 Å². The molecule has 142 valence electrons. The standard InChI is InChI=1S/C20H26N6O/c1-15-20(16(2)24(3)23-15)22-19(27)14-25-9-6-10-26(12-11-25)18-8-5-4-7-17(18)13-21/h4-5,7-8H,6,9-12,14H2,1-3H3,(H,22,27). The summed E-state index contributed by atoms with van der Waals surface area (Å²) in [6.07, 6.45) is 0.956. The van der Waals surface area contributed by atoms with Crippen molar-refractivity contribution in [3.8, 4) is 6.07 Å². The molecule has 2 aromatic rings. The molecule has 0 unspecified atom stereocenters. The van der Waals surface area contributed by atoms with Gasteiger partial charge in [-0.05, 0) is 32.4 Å². The second-order valence-electron chi connectivity index (χ2n) is 6.96. The number of aryl methyl sites for hydroxylation is 2. The van der Waals surface area contributed by atoms with E-state index in [4.69, 9.17) is 0 Å². The van der Waals surface area contributed by atoms with Crippen LogP contribution in [0.3, 0.4) is 0 Å². The van der Waals surface area contributed by atoms with Gasteiger partial charge in [-0.3, -0.25) is 14.4 Å². The number of nitriles is 1. The van der Waals surface area contributed by atoms with E-state index in [0.717, 1.165) is 55.4 Å². The number of hydrogen-bond donors (Lipinski definition) is 1. The Morgan fingerprint density at radius 1 is 1.22 bits per heavy atom. The fourth-order valence-electron chi connectivity index (χ4n) is 3.55. The smallest absolute Gasteiger partial charge is 0.238 e. The lowest BCUT2D eigenvalue weighted by Gasteiger charge is -2.24. The first-order chi connectivity index (χ1) is 13.0. The Balaban J connectivity index is 1.60. The van der Waals surface area contributed by atoms with E-state index < -0.39 is 0 Å². The number of hydrogen-bond acceptors (Lipinski definition) is 5. The van der Waals surface area contributed by atoms with Crippen molar-refractivity contribution >= 4 is 17.3 Å². The Bertz CT molecular complexity index is 866. The Labute approximate surface area is 160 Å². The number of para-hydroxylation sites is 1. The topological polar surface area (TPSA) is 77.2 Å². The zero-order chi connectivity index (χ0) is 19.4. The molecule has 0 radical (unpaired) electrons. The average molecular weight is 366 g/mol. The lowest BCUT2D eigenvalue weighted by Crippen LogP contribution is -2.36. The number of anilines is 2.